The van der Waals surface area contributed by atoms with Crippen LogP contribution in [0.25, 0.3) is 21.9 Å². The zero-order valence-electron chi connectivity index (χ0n) is 21.9. The van der Waals surface area contributed by atoms with Crippen molar-refractivity contribution in [2.75, 3.05) is 36.5 Å². The Bertz CT molecular complexity index is 1740. The molecule has 2 aliphatic rings. The second-order valence-corrected chi connectivity index (χ2v) is 10.3. The quantitative estimate of drug-likeness (QED) is 0.304. The Labute approximate surface area is 224 Å². The smallest absolute Gasteiger partial charge is 0.154 e. The second-order valence-electron chi connectivity index (χ2n) is 10.3. The van der Waals surface area contributed by atoms with E-state index in [2.05, 4.69) is 42.1 Å². The maximum Gasteiger partial charge on any atom is 0.154 e. The molecule has 0 bridgehead atoms. The summed E-state index contributed by atoms with van der Waals surface area (Å²) >= 11 is 0. The van der Waals surface area contributed by atoms with E-state index >= 15 is 4.39 Å². The molecule has 4 N–H and O–H groups in total. The van der Waals surface area contributed by atoms with E-state index in [4.69, 9.17) is 10.8 Å². The van der Waals surface area contributed by atoms with Crippen LogP contribution in [0.4, 0.5) is 27.4 Å². The van der Waals surface area contributed by atoms with Gasteiger partial charge in [-0.1, -0.05) is 0 Å². The van der Waals surface area contributed by atoms with Gasteiger partial charge in [0.25, 0.3) is 0 Å². The predicted molar refractivity (Wildman–Crippen MR) is 149 cm³/mol. The van der Waals surface area contributed by atoms with Crippen LogP contribution in [0.15, 0.2) is 43.0 Å². The van der Waals surface area contributed by atoms with Gasteiger partial charge in [0.15, 0.2) is 11.6 Å². The molecule has 0 amide bonds. The van der Waals surface area contributed by atoms with Crippen LogP contribution in [0, 0.1) is 12.7 Å². The van der Waals surface area contributed by atoms with Crippen molar-refractivity contribution in [3.63, 3.8) is 0 Å². The van der Waals surface area contributed by atoms with Gasteiger partial charge in [0.2, 0.25) is 0 Å². The summed E-state index contributed by atoms with van der Waals surface area (Å²) in [5, 5.41) is 12.9. The molecule has 0 radical (unpaired) electrons. The minimum absolute atomic E-state index is 0.0767. The van der Waals surface area contributed by atoms with E-state index in [1.165, 1.54) is 0 Å². The fourth-order valence-corrected chi connectivity index (χ4v) is 5.60. The molecular formula is C28H29FN10. The van der Waals surface area contributed by atoms with E-state index in [9.17, 15) is 0 Å². The lowest BCUT2D eigenvalue weighted by Gasteiger charge is -2.17. The summed E-state index contributed by atoms with van der Waals surface area (Å²) < 4.78 is 19.8. The van der Waals surface area contributed by atoms with Gasteiger partial charge in [-0.3, -0.25) is 14.6 Å². The number of likely N-dealkylation sites (N-methyl/N-ethyl adjacent to an activating group) is 1. The van der Waals surface area contributed by atoms with Crippen molar-refractivity contribution in [1.82, 2.24) is 34.2 Å². The van der Waals surface area contributed by atoms with Crippen LogP contribution in [0.5, 0.6) is 0 Å². The molecule has 39 heavy (non-hydrogen) atoms. The molecule has 11 heteroatoms. The van der Waals surface area contributed by atoms with Crippen molar-refractivity contribution in [2.24, 2.45) is 0 Å². The van der Waals surface area contributed by atoms with Crippen molar-refractivity contribution in [2.45, 2.75) is 33.0 Å². The lowest BCUT2D eigenvalue weighted by molar-refractivity contribution is 0.342. The van der Waals surface area contributed by atoms with E-state index in [-0.39, 0.29) is 5.69 Å². The number of nitrogen functional groups attached to an aromatic ring is 1. The van der Waals surface area contributed by atoms with Crippen LogP contribution in [-0.2, 0) is 26.1 Å². The van der Waals surface area contributed by atoms with Crippen LogP contribution in [0.3, 0.4) is 0 Å². The summed E-state index contributed by atoms with van der Waals surface area (Å²) in [6.07, 6.45) is 8.05. The molecule has 6 heterocycles. The lowest BCUT2D eigenvalue weighted by Crippen LogP contribution is -2.21. The number of nitrogens with one attached hydrogen (secondary N) is 2. The summed E-state index contributed by atoms with van der Waals surface area (Å²) in [5.41, 5.74) is 11.5. The largest absolute Gasteiger partial charge is 0.396 e. The highest BCUT2D eigenvalue weighted by Crippen LogP contribution is 2.38. The highest BCUT2D eigenvalue weighted by atomic mass is 19.1. The topological polar surface area (TPSA) is 115 Å². The second kappa shape index (κ2) is 9.05. The molecule has 2 aliphatic heterocycles. The van der Waals surface area contributed by atoms with Crippen LogP contribution < -0.4 is 16.4 Å². The number of pyridine rings is 2. The van der Waals surface area contributed by atoms with Crippen molar-refractivity contribution in [3.8, 4) is 11.1 Å². The molecule has 5 aromatic rings. The van der Waals surface area contributed by atoms with Crippen LogP contribution in [-0.4, -0.2) is 54.3 Å². The van der Waals surface area contributed by atoms with E-state index in [1.54, 1.807) is 12.4 Å². The highest BCUT2D eigenvalue weighted by molar-refractivity contribution is 5.98. The maximum absolute atomic E-state index is 15.6. The molecule has 0 saturated heterocycles. The Morgan fingerprint density at radius 2 is 1.92 bits per heavy atom. The molecule has 0 spiro atoms. The number of imidazole rings is 1. The average molecular weight is 525 g/mol. The third kappa shape index (κ3) is 4.06. The van der Waals surface area contributed by atoms with Crippen molar-refractivity contribution < 1.29 is 4.39 Å². The molecule has 0 fully saturated rings. The number of hydrogen-bond donors (Lipinski definition) is 3. The summed E-state index contributed by atoms with van der Waals surface area (Å²) in [6.45, 7) is 5.95. The molecular weight excluding hydrogens is 495 g/mol. The number of aromatic nitrogens is 6. The van der Waals surface area contributed by atoms with E-state index in [0.29, 0.717) is 29.1 Å². The molecule has 0 unspecified atom stereocenters. The Hall–Kier alpha value is -4.51. The van der Waals surface area contributed by atoms with Gasteiger partial charge in [-0.15, -0.1) is 0 Å². The number of benzene rings is 1. The minimum atomic E-state index is -0.461. The first-order valence-electron chi connectivity index (χ1n) is 13.1. The van der Waals surface area contributed by atoms with E-state index in [0.717, 1.165) is 72.0 Å². The third-order valence-electron chi connectivity index (χ3n) is 7.74. The van der Waals surface area contributed by atoms with Crippen LogP contribution in [0.1, 0.15) is 22.8 Å². The van der Waals surface area contributed by atoms with Gasteiger partial charge in [0, 0.05) is 85.7 Å². The number of rotatable bonds is 3. The molecule has 10 nitrogen and oxygen atoms in total. The summed E-state index contributed by atoms with van der Waals surface area (Å²) in [7, 11) is 2.07. The predicted octanol–water partition coefficient (Wildman–Crippen LogP) is 3.92. The lowest BCUT2D eigenvalue weighted by atomic mass is 9.96. The van der Waals surface area contributed by atoms with Gasteiger partial charge in [-0.05, 0) is 37.1 Å². The zero-order valence-corrected chi connectivity index (χ0v) is 21.9. The normalized spacial score (nSPS) is 15.2. The van der Waals surface area contributed by atoms with Gasteiger partial charge in [-0.25, -0.2) is 14.4 Å². The SMILES string of the molecule is Cc1c(-c2cc3cc(Nc4cc5n(n4)Cc4nccn4CC5)ncc3c(N)c2F)cnc2c1NCCN(C)C2. The van der Waals surface area contributed by atoms with Gasteiger partial charge >= 0.3 is 0 Å². The molecule has 198 valence electrons. The number of fused-ring (bicyclic) bond motifs is 4. The Balaban J connectivity index is 1.24. The summed E-state index contributed by atoms with van der Waals surface area (Å²) in [5.74, 6) is 1.84. The maximum atomic E-state index is 15.6. The number of nitrogens with zero attached hydrogens (tertiary/aromatic N) is 7. The van der Waals surface area contributed by atoms with Crippen molar-refractivity contribution in [1.29, 1.82) is 0 Å². The van der Waals surface area contributed by atoms with E-state index < -0.39 is 5.82 Å². The molecule has 0 aliphatic carbocycles. The molecule has 4 aromatic heterocycles. The monoisotopic (exact) mass is 524 g/mol. The van der Waals surface area contributed by atoms with Gasteiger partial charge in [0.1, 0.15) is 11.6 Å². The summed E-state index contributed by atoms with van der Waals surface area (Å²) in [6, 6.07) is 5.75. The Kier molecular flexibility index (Phi) is 5.48. The standard InChI is InChI=1S/C28H29FN10/c1-16-20(12-33-22-14-37(2)7-4-32-28(16)22)19-9-17-10-23(34-13-21(17)27(30)26(19)29)35-24-11-18-3-6-38-8-5-31-25(38)15-39(18)36-24/h5,8-13,32H,3-4,6-7,14-15,30H2,1-2H3,(H,34,35,36). The first-order valence-corrected chi connectivity index (χ1v) is 13.1. The first-order chi connectivity index (χ1) is 18.9. The van der Waals surface area contributed by atoms with Gasteiger partial charge in [-0.2, -0.15) is 5.10 Å². The van der Waals surface area contributed by atoms with Gasteiger partial charge < -0.3 is 20.9 Å². The van der Waals surface area contributed by atoms with Gasteiger partial charge in [0.05, 0.1) is 23.6 Å². The zero-order chi connectivity index (χ0) is 26.7. The fourth-order valence-electron chi connectivity index (χ4n) is 5.60. The summed E-state index contributed by atoms with van der Waals surface area (Å²) in [4.78, 5) is 15.9. The van der Waals surface area contributed by atoms with Crippen LogP contribution in [0.2, 0.25) is 0 Å². The number of hydrogen-bond acceptors (Lipinski definition) is 8. The molecule has 0 atom stereocenters. The number of anilines is 4. The molecule has 0 saturated carbocycles. The molecule has 1 aromatic carbocycles. The number of halogens is 1. The number of aryl methyl sites for hydroxylation is 2. The highest BCUT2D eigenvalue weighted by Gasteiger charge is 2.21. The fraction of sp³-hybridized carbons (Fsp3) is 0.286. The van der Waals surface area contributed by atoms with Crippen LogP contribution >= 0.6 is 0 Å². The van der Waals surface area contributed by atoms with E-state index in [1.807, 2.05) is 42.2 Å². The Morgan fingerprint density at radius 3 is 2.82 bits per heavy atom. The average Bonchev–Trinajstić information content (AvgIpc) is 3.42. The Morgan fingerprint density at radius 1 is 1.03 bits per heavy atom. The third-order valence-corrected chi connectivity index (χ3v) is 7.74. The molecule has 7 rings (SSSR count). The first kappa shape index (κ1) is 23.6. The van der Waals surface area contributed by atoms with Crippen molar-refractivity contribution >= 4 is 33.8 Å². The van der Waals surface area contributed by atoms with Crippen molar-refractivity contribution in [3.05, 3.63) is 71.6 Å². The number of nitrogens with two attached hydrogens (primary N) is 1. The minimum Gasteiger partial charge on any atom is -0.396 e.